The molecule has 13 heteroatoms. The van der Waals surface area contributed by atoms with Crippen molar-refractivity contribution in [3.05, 3.63) is 51.1 Å². The molecule has 1 aromatic carbocycles. The Kier molecular flexibility index (Phi) is 8.02. The average Bonchev–Trinajstić information content (AvgIpc) is 3.56. The Morgan fingerprint density at radius 1 is 1.18 bits per heavy atom. The molecule has 1 aromatic heterocycles. The van der Waals surface area contributed by atoms with Gasteiger partial charge in [0.05, 0.1) is 11.3 Å². The van der Waals surface area contributed by atoms with Crippen molar-refractivity contribution in [3.8, 4) is 5.75 Å². The molecule has 1 amide bonds. The lowest BCUT2D eigenvalue weighted by Gasteiger charge is -2.21. The van der Waals surface area contributed by atoms with E-state index in [9.17, 15) is 35.6 Å². The Hall–Kier alpha value is -3.09. The van der Waals surface area contributed by atoms with E-state index in [1.165, 1.54) is 19.2 Å². The van der Waals surface area contributed by atoms with Crippen LogP contribution < -0.4 is 20.4 Å². The molecule has 1 heterocycles. The molecule has 0 aliphatic heterocycles. The number of carbonyl (C=O) groups is 1. The fourth-order valence-corrected chi connectivity index (χ4v) is 3.39. The van der Waals surface area contributed by atoms with E-state index in [1.807, 2.05) is 13.8 Å². The van der Waals surface area contributed by atoms with Gasteiger partial charge < -0.3 is 14.8 Å². The predicted octanol–water partition coefficient (Wildman–Crippen LogP) is 4.03. The zero-order valence-electron chi connectivity index (χ0n) is 19.1. The maximum atomic E-state index is 14.4. The Labute approximate surface area is 194 Å². The number of anilines is 2. The second-order valence-corrected chi connectivity index (χ2v) is 8.92. The van der Waals surface area contributed by atoms with Crippen LogP contribution in [0.3, 0.4) is 0 Å². The van der Waals surface area contributed by atoms with Crippen LogP contribution in [0.4, 0.5) is 29.1 Å². The normalized spacial score (nSPS) is 13.6. The van der Waals surface area contributed by atoms with Crippen LogP contribution >= 0.6 is 0 Å². The lowest BCUT2D eigenvalue weighted by atomic mass is 10.1. The van der Waals surface area contributed by atoms with Crippen molar-refractivity contribution in [2.24, 2.45) is 7.05 Å². The highest BCUT2D eigenvalue weighted by Gasteiger charge is 2.49. The topological polar surface area (TPSA) is 106 Å². The number of hydrogen-bond donors (Lipinski definition) is 2. The SMILES string of the molecule is CC.Cc1ccc(Nc2c(C(=O)NC3CC3)c(OS(=O)(=O)C(F)(F)F)c(C)c(=O)n2C)c(F)c1. The summed E-state index contributed by atoms with van der Waals surface area (Å²) in [4.78, 5) is 25.5. The average molecular weight is 508 g/mol. The molecule has 8 nitrogen and oxygen atoms in total. The Morgan fingerprint density at radius 2 is 1.76 bits per heavy atom. The van der Waals surface area contributed by atoms with E-state index < -0.39 is 55.6 Å². The largest absolute Gasteiger partial charge is 0.534 e. The molecule has 1 fully saturated rings. The van der Waals surface area contributed by atoms with Crippen molar-refractivity contribution >= 4 is 27.5 Å². The molecular formula is C21H25F4N3O5S. The lowest BCUT2D eigenvalue weighted by molar-refractivity contribution is -0.0500. The third-order valence-electron chi connectivity index (χ3n) is 4.76. The number of nitrogens with zero attached hydrogens (tertiary/aromatic N) is 1. The fraction of sp³-hybridized carbons (Fsp3) is 0.429. The summed E-state index contributed by atoms with van der Waals surface area (Å²) in [5.41, 5.74) is -7.60. The van der Waals surface area contributed by atoms with Crippen LogP contribution in [-0.2, 0) is 17.2 Å². The minimum Gasteiger partial charge on any atom is -0.375 e. The van der Waals surface area contributed by atoms with Gasteiger partial charge in [-0.15, -0.1) is 0 Å². The number of benzene rings is 1. The van der Waals surface area contributed by atoms with Crippen LogP contribution in [0.2, 0.25) is 0 Å². The molecule has 0 unspecified atom stereocenters. The number of aromatic nitrogens is 1. The van der Waals surface area contributed by atoms with Crippen molar-refractivity contribution in [1.29, 1.82) is 0 Å². The minimum absolute atomic E-state index is 0.195. The molecule has 188 valence electrons. The predicted molar refractivity (Wildman–Crippen MR) is 118 cm³/mol. The number of alkyl halides is 3. The van der Waals surface area contributed by atoms with Gasteiger partial charge in [0, 0.05) is 13.1 Å². The smallest absolute Gasteiger partial charge is 0.375 e. The molecule has 0 saturated heterocycles. The molecule has 0 radical (unpaired) electrons. The summed E-state index contributed by atoms with van der Waals surface area (Å²) in [5.74, 6) is -3.27. The van der Waals surface area contributed by atoms with E-state index in [2.05, 4.69) is 14.8 Å². The molecule has 2 N–H and O–H groups in total. The number of pyridine rings is 1. The van der Waals surface area contributed by atoms with Gasteiger partial charge in [-0.1, -0.05) is 19.9 Å². The summed E-state index contributed by atoms with van der Waals surface area (Å²) in [6.45, 7) is 6.64. The Morgan fingerprint density at radius 3 is 2.26 bits per heavy atom. The van der Waals surface area contributed by atoms with E-state index in [0.29, 0.717) is 18.4 Å². The molecular weight excluding hydrogens is 482 g/mol. The molecule has 34 heavy (non-hydrogen) atoms. The van der Waals surface area contributed by atoms with Gasteiger partial charge in [-0.2, -0.15) is 21.6 Å². The van der Waals surface area contributed by atoms with Crippen LogP contribution in [0.25, 0.3) is 0 Å². The first-order chi connectivity index (χ1) is 15.7. The van der Waals surface area contributed by atoms with Gasteiger partial charge in [0.1, 0.15) is 17.2 Å². The second kappa shape index (κ2) is 10.0. The molecule has 0 atom stereocenters. The summed E-state index contributed by atoms with van der Waals surface area (Å²) in [6.07, 6.45) is 1.23. The number of carbonyl (C=O) groups excluding carboxylic acids is 1. The molecule has 1 aliphatic rings. The number of aryl methyl sites for hydroxylation is 1. The van der Waals surface area contributed by atoms with Crippen molar-refractivity contribution in [1.82, 2.24) is 9.88 Å². The van der Waals surface area contributed by atoms with Crippen LogP contribution in [0.15, 0.2) is 23.0 Å². The number of amides is 1. The first-order valence-corrected chi connectivity index (χ1v) is 11.7. The van der Waals surface area contributed by atoms with Crippen LogP contribution in [-0.4, -0.2) is 30.4 Å². The third kappa shape index (κ3) is 5.69. The highest BCUT2D eigenvalue weighted by atomic mass is 32.2. The zero-order valence-corrected chi connectivity index (χ0v) is 19.9. The van der Waals surface area contributed by atoms with E-state index >= 15 is 0 Å². The van der Waals surface area contributed by atoms with Gasteiger partial charge in [-0.05, 0) is 44.4 Å². The first-order valence-electron chi connectivity index (χ1n) is 10.3. The Balaban J connectivity index is 0.00000199. The molecule has 1 aliphatic carbocycles. The molecule has 0 spiro atoms. The molecule has 1 saturated carbocycles. The first kappa shape index (κ1) is 27.2. The highest BCUT2D eigenvalue weighted by molar-refractivity contribution is 7.88. The van der Waals surface area contributed by atoms with E-state index in [4.69, 9.17) is 0 Å². The van der Waals surface area contributed by atoms with Gasteiger partial charge in [0.2, 0.25) is 0 Å². The maximum absolute atomic E-state index is 14.4. The van der Waals surface area contributed by atoms with Gasteiger partial charge in [0.15, 0.2) is 5.75 Å². The van der Waals surface area contributed by atoms with E-state index in [-0.39, 0.29) is 11.7 Å². The minimum atomic E-state index is -6.21. The maximum Gasteiger partial charge on any atom is 0.534 e. The standard InChI is InChI=1S/C19H19F4N3O5S.C2H6/c1-9-4-7-13(12(20)8-9)25-16-14(17(27)24-11-5-6-11)15(10(2)18(28)26(16)3)31-32(29,30)19(21,22)23;1-2/h4,7-8,11,25H,5-6H2,1-3H3,(H,24,27);1-2H3. The van der Waals surface area contributed by atoms with Crippen LogP contribution in [0.1, 0.15) is 48.2 Å². The van der Waals surface area contributed by atoms with Crippen molar-refractivity contribution in [2.45, 2.75) is 52.1 Å². The summed E-state index contributed by atoms with van der Waals surface area (Å²) in [6, 6.07) is 3.71. The zero-order chi connectivity index (χ0) is 26.0. The summed E-state index contributed by atoms with van der Waals surface area (Å²) in [7, 11) is -5.01. The van der Waals surface area contributed by atoms with Gasteiger partial charge in [-0.3, -0.25) is 14.2 Å². The van der Waals surface area contributed by atoms with Crippen LogP contribution in [0.5, 0.6) is 5.75 Å². The van der Waals surface area contributed by atoms with Crippen molar-refractivity contribution in [2.75, 3.05) is 5.32 Å². The Bertz CT molecular complexity index is 1250. The molecule has 3 rings (SSSR count). The molecule has 0 bridgehead atoms. The van der Waals surface area contributed by atoms with Gasteiger partial charge in [-0.25, -0.2) is 4.39 Å². The monoisotopic (exact) mass is 507 g/mol. The number of halogens is 4. The van der Waals surface area contributed by atoms with Crippen LogP contribution in [0, 0.1) is 19.7 Å². The van der Waals surface area contributed by atoms with Crippen molar-refractivity contribution in [3.63, 3.8) is 0 Å². The highest BCUT2D eigenvalue weighted by Crippen LogP contribution is 2.35. The second-order valence-electron chi connectivity index (χ2n) is 7.38. The quantitative estimate of drug-likeness (QED) is 0.347. The van der Waals surface area contributed by atoms with Gasteiger partial charge >= 0.3 is 15.6 Å². The summed E-state index contributed by atoms with van der Waals surface area (Å²) >= 11 is 0. The van der Waals surface area contributed by atoms with Gasteiger partial charge in [0.25, 0.3) is 11.5 Å². The number of rotatable bonds is 6. The third-order valence-corrected chi connectivity index (χ3v) is 5.71. The van der Waals surface area contributed by atoms with E-state index in [1.54, 1.807) is 6.92 Å². The fourth-order valence-electron chi connectivity index (χ4n) is 2.87. The number of nitrogens with one attached hydrogen (secondary N) is 2. The molecule has 2 aromatic rings. The van der Waals surface area contributed by atoms with E-state index in [0.717, 1.165) is 17.6 Å². The summed E-state index contributed by atoms with van der Waals surface area (Å²) in [5, 5.41) is 5.03. The number of hydrogen-bond acceptors (Lipinski definition) is 6. The summed E-state index contributed by atoms with van der Waals surface area (Å²) < 4.78 is 81.7. The van der Waals surface area contributed by atoms with Crippen molar-refractivity contribution < 1.29 is 35.0 Å². The lowest BCUT2D eigenvalue weighted by Crippen LogP contribution is -2.34.